The van der Waals surface area contributed by atoms with Gasteiger partial charge in [-0.05, 0) is 0 Å². The minimum absolute atomic E-state index is 0.00888. The third-order valence-corrected chi connectivity index (χ3v) is 3.06. The maximum absolute atomic E-state index is 10.5. The van der Waals surface area contributed by atoms with E-state index in [0.29, 0.717) is 0 Å². The standard InChI is InChI=1S/C15H26O10/c1-22-8-15(9-23-5-2-12(16)17,10-24-6-3-13(18)19)11-25-7-4-14(20)21/h2-11H2,1H3,(H,16,17)(H,18,19)(H,20,21). The van der Waals surface area contributed by atoms with Gasteiger partial charge in [0, 0.05) is 7.11 Å². The first-order valence-electron chi connectivity index (χ1n) is 7.69. The first kappa shape index (κ1) is 23.2. The molecule has 0 aromatic heterocycles. The molecule has 0 saturated heterocycles. The van der Waals surface area contributed by atoms with Crippen LogP contribution in [0.3, 0.4) is 0 Å². The van der Waals surface area contributed by atoms with E-state index in [4.69, 9.17) is 34.3 Å². The summed E-state index contributed by atoms with van der Waals surface area (Å²) in [6.45, 7) is 0.318. The Bertz CT molecular complexity index is 354. The van der Waals surface area contributed by atoms with Crippen LogP contribution in [0.15, 0.2) is 0 Å². The molecule has 0 rings (SSSR count). The molecule has 25 heavy (non-hydrogen) atoms. The molecule has 0 unspecified atom stereocenters. The summed E-state index contributed by atoms with van der Waals surface area (Å²) in [5.74, 6) is -2.98. The topological polar surface area (TPSA) is 149 Å². The number of rotatable bonds is 17. The molecule has 0 spiro atoms. The molecular weight excluding hydrogens is 340 g/mol. The molecule has 0 radical (unpaired) electrons. The molecule has 0 aliphatic heterocycles. The Kier molecular flexibility index (Phi) is 12.6. The number of methoxy groups -OCH3 is 1. The van der Waals surface area contributed by atoms with Crippen LogP contribution in [-0.4, -0.2) is 86.6 Å². The predicted octanol–water partition coefficient (Wildman–Crippen LogP) is 0.0931. The van der Waals surface area contributed by atoms with Crippen molar-refractivity contribution in [3.05, 3.63) is 0 Å². The van der Waals surface area contributed by atoms with Crippen molar-refractivity contribution in [3.8, 4) is 0 Å². The van der Waals surface area contributed by atoms with Gasteiger partial charge in [-0.3, -0.25) is 14.4 Å². The van der Waals surface area contributed by atoms with Crippen molar-refractivity contribution in [2.24, 2.45) is 5.41 Å². The van der Waals surface area contributed by atoms with E-state index in [9.17, 15) is 14.4 Å². The molecule has 0 aliphatic rings. The summed E-state index contributed by atoms with van der Waals surface area (Å²) in [6.07, 6.45) is -0.492. The zero-order chi connectivity index (χ0) is 19.1. The van der Waals surface area contributed by atoms with Crippen molar-refractivity contribution in [3.63, 3.8) is 0 Å². The van der Waals surface area contributed by atoms with Crippen LogP contribution in [0.25, 0.3) is 0 Å². The van der Waals surface area contributed by atoms with Crippen LogP contribution in [0, 0.1) is 5.41 Å². The highest BCUT2D eigenvalue weighted by Gasteiger charge is 2.32. The summed E-state index contributed by atoms with van der Waals surface area (Å²) in [7, 11) is 1.46. The molecule has 10 heteroatoms. The molecule has 0 aromatic carbocycles. The van der Waals surface area contributed by atoms with Gasteiger partial charge in [-0.15, -0.1) is 0 Å². The Morgan fingerprint density at radius 1 is 0.680 bits per heavy atom. The lowest BCUT2D eigenvalue weighted by atomic mass is 9.92. The number of ether oxygens (including phenoxy) is 4. The van der Waals surface area contributed by atoms with Gasteiger partial charge >= 0.3 is 17.9 Å². The van der Waals surface area contributed by atoms with E-state index in [1.54, 1.807) is 0 Å². The molecule has 146 valence electrons. The molecular formula is C15H26O10. The Balaban J connectivity index is 4.62. The molecule has 0 aromatic rings. The second-order valence-electron chi connectivity index (χ2n) is 5.52. The van der Waals surface area contributed by atoms with Crippen LogP contribution in [0.5, 0.6) is 0 Å². The molecule has 10 nitrogen and oxygen atoms in total. The van der Waals surface area contributed by atoms with Crippen LogP contribution in [0.1, 0.15) is 19.3 Å². The van der Waals surface area contributed by atoms with E-state index in [-0.39, 0.29) is 65.5 Å². The number of hydrogen-bond donors (Lipinski definition) is 3. The third kappa shape index (κ3) is 13.2. The number of carbonyl (C=O) groups is 3. The van der Waals surface area contributed by atoms with E-state index in [0.717, 1.165) is 0 Å². The highest BCUT2D eigenvalue weighted by molar-refractivity contribution is 5.67. The Morgan fingerprint density at radius 2 is 1.00 bits per heavy atom. The smallest absolute Gasteiger partial charge is 0.305 e. The number of carboxylic acids is 3. The van der Waals surface area contributed by atoms with Crippen LogP contribution >= 0.6 is 0 Å². The molecule has 0 bridgehead atoms. The molecule has 0 heterocycles. The Hall–Kier alpha value is -1.75. The first-order chi connectivity index (χ1) is 11.8. The highest BCUT2D eigenvalue weighted by Crippen LogP contribution is 2.21. The van der Waals surface area contributed by atoms with Gasteiger partial charge in [-0.2, -0.15) is 0 Å². The van der Waals surface area contributed by atoms with Gasteiger partial charge in [0.1, 0.15) is 0 Å². The minimum atomic E-state index is -0.993. The summed E-state index contributed by atoms with van der Waals surface area (Å²) in [6, 6.07) is 0. The average Bonchev–Trinajstić information content (AvgIpc) is 2.52. The molecule has 0 fully saturated rings. The van der Waals surface area contributed by atoms with Gasteiger partial charge in [0.2, 0.25) is 0 Å². The average molecular weight is 366 g/mol. The summed E-state index contributed by atoms with van der Waals surface area (Å²) in [5.41, 5.74) is -0.801. The van der Waals surface area contributed by atoms with Gasteiger partial charge in [0.15, 0.2) is 0 Å². The second kappa shape index (κ2) is 13.5. The van der Waals surface area contributed by atoms with Gasteiger partial charge in [-0.25, -0.2) is 0 Å². The number of hydrogen-bond acceptors (Lipinski definition) is 7. The van der Waals surface area contributed by atoms with Crippen molar-refractivity contribution in [2.45, 2.75) is 19.3 Å². The molecule has 0 saturated carbocycles. The molecule has 0 aliphatic carbocycles. The quantitative estimate of drug-likeness (QED) is 0.302. The van der Waals surface area contributed by atoms with Crippen molar-refractivity contribution < 1.29 is 48.7 Å². The molecule has 0 amide bonds. The Labute approximate surface area is 145 Å². The fourth-order valence-corrected chi connectivity index (χ4v) is 1.90. The Morgan fingerprint density at radius 3 is 1.24 bits per heavy atom. The lowest BCUT2D eigenvalue weighted by Crippen LogP contribution is -2.42. The lowest BCUT2D eigenvalue weighted by Gasteiger charge is -2.32. The van der Waals surface area contributed by atoms with Gasteiger partial charge in [-0.1, -0.05) is 0 Å². The maximum atomic E-state index is 10.5. The number of carboxylic acid groups (broad SMARTS) is 3. The van der Waals surface area contributed by atoms with Crippen LogP contribution < -0.4 is 0 Å². The lowest BCUT2D eigenvalue weighted by molar-refractivity contribution is -0.140. The third-order valence-electron chi connectivity index (χ3n) is 3.06. The van der Waals surface area contributed by atoms with Crippen LogP contribution in [0.2, 0.25) is 0 Å². The van der Waals surface area contributed by atoms with Crippen molar-refractivity contribution >= 4 is 17.9 Å². The summed E-state index contributed by atoms with van der Waals surface area (Å²) >= 11 is 0. The zero-order valence-electron chi connectivity index (χ0n) is 14.3. The summed E-state index contributed by atoms with van der Waals surface area (Å²) in [5, 5.41) is 25.9. The monoisotopic (exact) mass is 366 g/mol. The van der Waals surface area contributed by atoms with Crippen molar-refractivity contribution in [2.75, 3.05) is 53.4 Å². The van der Waals surface area contributed by atoms with E-state index >= 15 is 0 Å². The predicted molar refractivity (Wildman–Crippen MR) is 83.5 cm³/mol. The highest BCUT2D eigenvalue weighted by atomic mass is 16.5. The summed E-state index contributed by atoms with van der Waals surface area (Å²) < 4.78 is 21.2. The van der Waals surface area contributed by atoms with Gasteiger partial charge < -0.3 is 34.3 Å². The second-order valence-corrected chi connectivity index (χ2v) is 5.52. The molecule has 0 atom stereocenters. The van der Waals surface area contributed by atoms with E-state index in [1.807, 2.05) is 0 Å². The SMILES string of the molecule is COCC(COCCC(=O)O)(COCCC(=O)O)COCCC(=O)O. The van der Waals surface area contributed by atoms with Crippen LogP contribution in [0.4, 0.5) is 0 Å². The van der Waals surface area contributed by atoms with E-state index in [1.165, 1.54) is 7.11 Å². The van der Waals surface area contributed by atoms with Crippen molar-refractivity contribution in [1.29, 1.82) is 0 Å². The van der Waals surface area contributed by atoms with E-state index < -0.39 is 23.3 Å². The number of aliphatic carboxylic acids is 3. The van der Waals surface area contributed by atoms with Gasteiger partial charge in [0.05, 0.1) is 70.9 Å². The van der Waals surface area contributed by atoms with E-state index in [2.05, 4.69) is 0 Å². The normalized spacial score (nSPS) is 11.4. The van der Waals surface area contributed by atoms with Crippen molar-refractivity contribution in [1.82, 2.24) is 0 Å². The molecule has 3 N–H and O–H groups in total. The largest absolute Gasteiger partial charge is 0.481 e. The fourth-order valence-electron chi connectivity index (χ4n) is 1.90. The van der Waals surface area contributed by atoms with Crippen LogP contribution in [-0.2, 0) is 33.3 Å². The van der Waals surface area contributed by atoms with Gasteiger partial charge in [0.25, 0.3) is 0 Å². The summed E-state index contributed by atoms with van der Waals surface area (Å²) in [4.78, 5) is 31.6. The first-order valence-corrected chi connectivity index (χ1v) is 7.69. The maximum Gasteiger partial charge on any atom is 0.305 e. The fraction of sp³-hybridized carbons (Fsp3) is 0.800. The minimum Gasteiger partial charge on any atom is -0.481 e. The zero-order valence-corrected chi connectivity index (χ0v) is 14.3.